The molecule has 0 saturated heterocycles. The zero-order chi connectivity index (χ0) is 10.3. The van der Waals surface area contributed by atoms with E-state index in [9.17, 15) is 13.2 Å². The monoisotopic (exact) mass is 187 g/mol. The number of hydrogen-bond acceptors (Lipinski definition) is 1. The molecule has 0 spiro atoms. The molecule has 0 fully saturated rings. The maximum absolute atomic E-state index is 12.2. The normalized spacial score (nSPS) is 13.3. The predicted molar refractivity (Wildman–Crippen MR) is 41.1 cm³/mol. The summed E-state index contributed by atoms with van der Waals surface area (Å²) in [6, 6.07) is 3.13. The van der Waals surface area contributed by atoms with Gasteiger partial charge in [-0.3, -0.25) is 0 Å². The number of aromatic nitrogens is 2. The van der Waals surface area contributed by atoms with Crippen molar-refractivity contribution in [3.63, 3.8) is 0 Å². The fraction of sp³-hybridized carbons (Fsp3) is 0.125. The largest absolute Gasteiger partial charge is 0.416 e. The third kappa shape index (κ3) is 1.37. The molecule has 0 aliphatic rings. The minimum atomic E-state index is -4.36. The summed E-state index contributed by atoms with van der Waals surface area (Å²) in [5, 5.41) is 0. The fourth-order valence-corrected chi connectivity index (χ4v) is 1.06. The zero-order valence-corrected chi connectivity index (χ0v) is 6.31. The number of aromatic amines is 1. The Morgan fingerprint density at radius 2 is 2.15 bits per heavy atom. The average Bonchev–Trinajstić information content (AvgIpc) is 2.41. The molecule has 0 aliphatic carbocycles. The summed E-state index contributed by atoms with van der Waals surface area (Å²) in [7, 11) is 0. The molecule has 68 valence electrons. The highest BCUT2D eigenvalue weighted by molar-refractivity contribution is 5.75. The lowest BCUT2D eigenvalue weighted by Crippen LogP contribution is -2.04. The molecule has 1 N–H and O–H groups in total. The molecule has 1 heterocycles. The number of halogens is 3. The molecule has 2 rings (SSSR count). The highest BCUT2D eigenvalue weighted by Gasteiger charge is 2.30. The molecule has 2 nitrogen and oxygen atoms in total. The van der Waals surface area contributed by atoms with Crippen LogP contribution in [-0.4, -0.2) is 9.97 Å². The lowest BCUT2D eigenvalue weighted by molar-refractivity contribution is -0.137. The van der Waals surface area contributed by atoms with Crippen LogP contribution in [0.4, 0.5) is 13.2 Å². The van der Waals surface area contributed by atoms with Crippen molar-refractivity contribution in [1.82, 2.24) is 9.97 Å². The van der Waals surface area contributed by atoms with Gasteiger partial charge in [-0.1, -0.05) is 0 Å². The van der Waals surface area contributed by atoms with Crippen molar-refractivity contribution in [2.24, 2.45) is 0 Å². The lowest BCUT2D eigenvalue weighted by Gasteiger charge is -2.04. The molecule has 0 amide bonds. The van der Waals surface area contributed by atoms with E-state index in [4.69, 9.17) is 1.37 Å². The average molecular weight is 187 g/mol. The Bertz CT molecular complexity index is 475. The second kappa shape index (κ2) is 2.48. The molecular weight excluding hydrogens is 181 g/mol. The molecule has 0 aliphatic heterocycles. The van der Waals surface area contributed by atoms with Gasteiger partial charge in [0.05, 0.1) is 22.9 Å². The highest BCUT2D eigenvalue weighted by atomic mass is 19.4. The molecule has 0 saturated carbocycles. The molecule has 0 atom stereocenters. The Balaban J connectivity index is 2.62. The Labute approximate surface area is 72.8 Å². The third-order valence-corrected chi connectivity index (χ3v) is 1.69. The minimum Gasteiger partial charge on any atom is -0.345 e. The van der Waals surface area contributed by atoms with Gasteiger partial charge < -0.3 is 4.98 Å². The van der Waals surface area contributed by atoms with E-state index in [1.165, 1.54) is 6.07 Å². The lowest BCUT2D eigenvalue weighted by atomic mass is 10.2. The van der Waals surface area contributed by atoms with Crippen molar-refractivity contribution in [2.75, 3.05) is 0 Å². The first-order chi connectivity index (χ1) is 6.47. The van der Waals surface area contributed by atoms with Gasteiger partial charge in [-0.25, -0.2) is 4.98 Å². The van der Waals surface area contributed by atoms with Gasteiger partial charge in [0.25, 0.3) is 0 Å². The maximum Gasteiger partial charge on any atom is 0.416 e. The van der Waals surface area contributed by atoms with Crippen molar-refractivity contribution in [3.05, 3.63) is 30.1 Å². The van der Waals surface area contributed by atoms with Crippen LogP contribution in [0.2, 0.25) is 0 Å². The van der Waals surface area contributed by atoms with Gasteiger partial charge in [0, 0.05) is 0 Å². The van der Waals surface area contributed by atoms with E-state index in [2.05, 4.69) is 9.97 Å². The van der Waals surface area contributed by atoms with E-state index in [1.54, 1.807) is 0 Å². The van der Waals surface area contributed by atoms with Gasteiger partial charge in [-0.15, -0.1) is 0 Å². The van der Waals surface area contributed by atoms with Crippen LogP contribution in [0.15, 0.2) is 24.5 Å². The first-order valence-corrected chi connectivity index (χ1v) is 3.50. The van der Waals surface area contributed by atoms with Crippen LogP contribution >= 0.6 is 0 Å². The van der Waals surface area contributed by atoms with Crippen LogP contribution < -0.4 is 0 Å². The summed E-state index contributed by atoms with van der Waals surface area (Å²) in [5.74, 6) is 0. The summed E-state index contributed by atoms with van der Waals surface area (Å²) < 4.78 is 43.8. The maximum atomic E-state index is 12.2. The number of alkyl halides is 3. The number of H-pyrrole nitrogens is 1. The molecule has 5 heteroatoms. The fourth-order valence-electron chi connectivity index (χ4n) is 1.06. The molecule has 0 radical (unpaired) electrons. The van der Waals surface area contributed by atoms with Crippen LogP contribution in [0.25, 0.3) is 11.0 Å². The first kappa shape index (κ1) is 6.94. The smallest absolute Gasteiger partial charge is 0.345 e. The number of fused-ring (bicyclic) bond motifs is 1. The molecule has 2 aromatic rings. The summed E-state index contributed by atoms with van der Waals surface area (Å²) in [6.45, 7) is 0. The molecule has 0 unspecified atom stereocenters. The van der Waals surface area contributed by atoms with Gasteiger partial charge >= 0.3 is 6.18 Å². The number of imidazole rings is 1. The summed E-state index contributed by atoms with van der Waals surface area (Å²) in [6.07, 6.45) is -4.50. The molecule has 13 heavy (non-hydrogen) atoms. The minimum absolute atomic E-state index is 0.140. The number of nitrogens with zero attached hydrogens (tertiary/aromatic N) is 1. The second-order valence-electron chi connectivity index (χ2n) is 2.58. The summed E-state index contributed by atoms with van der Waals surface area (Å²) in [5.41, 5.74) is -0.151. The number of benzene rings is 1. The van der Waals surface area contributed by atoms with E-state index in [1.807, 2.05) is 0 Å². The molecule has 1 aromatic carbocycles. The highest BCUT2D eigenvalue weighted by Crippen LogP contribution is 2.30. The predicted octanol–water partition coefficient (Wildman–Crippen LogP) is 2.58. The van der Waals surface area contributed by atoms with Gasteiger partial charge in [0.15, 0.2) is 0 Å². The molecular formula is C8H5F3N2. The van der Waals surface area contributed by atoms with Crippen LogP contribution in [-0.2, 0) is 6.18 Å². The zero-order valence-electron chi connectivity index (χ0n) is 7.31. The topological polar surface area (TPSA) is 28.7 Å². The first-order valence-electron chi connectivity index (χ1n) is 4.00. The van der Waals surface area contributed by atoms with E-state index >= 15 is 0 Å². The van der Waals surface area contributed by atoms with Crippen LogP contribution in [0.3, 0.4) is 0 Å². The van der Waals surface area contributed by atoms with Crippen molar-refractivity contribution in [3.8, 4) is 0 Å². The third-order valence-electron chi connectivity index (χ3n) is 1.69. The van der Waals surface area contributed by atoms with Crippen molar-refractivity contribution in [1.29, 1.82) is 0 Å². The standard InChI is InChI=1S/C8H5F3N2/c9-8(10,11)5-1-2-6-7(3-5)13-4-12-6/h1-4H,(H,12,13)/i4D. The molecule has 1 aromatic heterocycles. The van der Waals surface area contributed by atoms with Crippen LogP contribution in [0, 0.1) is 0 Å². The van der Waals surface area contributed by atoms with Gasteiger partial charge in [-0.2, -0.15) is 13.2 Å². The Kier molecular flexibility index (Phi) is 1.32. The van der Waals surface area contributed by atoms with Crippen LogP contribution in [0.5, 0.6) is 0 Å². The van der Waals surface area contributed by atoms with E-state index in [-0.39, 0.29) is 11.8 Å². The quantitative estimate of drug-likeness (QED) is 0.674. The van der Waals surface area contributed by atoms with E-state index in [0.29, 0.717) is 5.52 Å². The SMILES string of the molecule is [2H]c1nc2ccc(C(F)(F)F)cc2[nH]1. The second-order valence-corrected chi connectivity index (χ2v) is 2.58. The Hall–Kier alpha value is -1.52. The van der Waals surface area contributed by atoms with E-state index < -0.39 is 11.7 Å². The van der Waals surface area contributed by atoms with Gasteiger partial charge in [0.1, 0.15) is 1.37 Å². The Morgan fingerprint density at radius 1 is 1.38 bits per heavy atom. The summed E-state index contributed by atoms with van der Waals surface area (Å²) >= 11 is 0. The van der Waals surface area contributed by atoms with Crippen molar-refractivity contribution >= 4 is 11.0 Å². The van der Waals surface area contributed by atoms with Crippen molar-refractivity contribution in [2.45, 2.75) is 6.18 Å². The number of rotatable bonds is 0. The number of nitrogens with one attached hydrogen (secondary N) is 1. The molecule has 0 bridgehead atoms. The van der Waals surface area contributed by atoms with Gasteiger partial charge in [0.2, 0.25) is 0 Å². The Morgan fingerprint density at radius 3 is 2.85 bits per heavy atom. The van der Waals surface area contributed by atoms with Gasteiger partial charge in [-0.05, 0) is 18.2 Å². The van der Waals surface area contributed by atoms with Crippen LogP contribution in [0.1, 0.15) is 6.93 Å². The number of hydrogen-bond donors (Lipinski definition) is 1. The summed E-state index contributed by atoms with van der Waals surface area (Å²) in [4.78, 5) is 6.11. The van der Waals surface area contributed by atoms with E-state index in [0.717, 1.165) is 12.1 Å². The van der Waals surface area contributed by atoms with Crippen molar-refractivity contribution < 1.29 is 14.5 Å².